The molecule has 0 unspecified atom stereocenters. The maximum atomic E-state index is 12.0. The van der Waals surface area contributed by atoms with Crippen LogP contribution in [0.2, 0.25) is 0 Å². The second-order valence-electron chi connectivity index (χ2n) is 4.69. The van der Waals surface area contributed by atoms with Gasteiger partial charge in [-0.05, 0) is 48.9 Å². The van der Waals surface area contributed by atoms with Gasteiger partial charge in [0.25, 0.3) is 0 Å². The number of carbonyl (C=O) groups is 2. The average molecular weight is 379 g/mol. The first-order chi connectivity index (χ1) is 10.5. The molecule has 2 rings (SSSR count). The first-order valence-corrected chi connectivity index (χ1v) is 8.32. The number of amides is 2. The summed E-state index contributed by atoms with van der Waals surface area (Å²) >= 11 is 4.88. The summed E-state index contributed by atoms with van der Waals surface area (Å²) in [5.74, 6) is -0.353. The van der Waals surface area contributed by atoms with E-state index in [2.05, 4.69) is 21.2 Å². The maximum Gasteiger partial charge on any atom is 0.248 e. The van der Waals surface area contributed by atoms with Gasteiger partial charge in [-0.1, -0.05) is 22.0 Å². The van der Waals surface area contributed by atoms with E-state index in [9.17, 15) is 9.59 Å². The van der Waals surface area contributed by atoms with Gasteiger partial charge in [0.15, 0.2) is 0 Å². The molecule has 2 amide bonds. The molecule has 0 fully saturated rings. The molecule has 0 aliphatic heterocycles. The molecule has 0 atom stereocenters. The first-order valence-electron chi connectivity index (χ1n) is 6.54. The molecule has 22 heavy (non-hydrogen) atoms. The van der Waals surface area contributed by atoms with Gasteiger partial charge < -0.3 is 11.1 Å². The van der Waals surface area contributed by atoms with Gasteiger partial charge in [-0.15, -0.1) is 11.8 Å². The van der Waals surface area contributed by atoms with Crippen LogP contribution >= 0.6 is 27.7 Å². The summed E-state index contributed by atoms with van der Waals surface area (Å²) in [5, 5.41) is 2.76. The summed E-state index contributed by atoms with van der Waals surface area (Å²) in [5.41, 5.74) is 7.27. The number of anilines is 1. The molecule has 2 aromatic carbocycles. The minimum Gasteiger partial charge on any atom is -0.366 e. The van der Waals surface area contributed by atoms with E-state index < -0.39 is 5.91 Å². The van der Waals surface area contributed by atoms with Gasteiger partial charge in [0, 0.05) is 20.6 Å². The predicted molar refractivity (Wildman–Crippen MR) is 93.2 cm³/mol. The molecule has 114 valence electrons. The van der Waals surface area contributed by atoms with Crippen molar-refractivity contribution in [1.29, 1.82) is 0 Å². The van der Waals surface area contributed by atoms with Gasteiger partial charge in [-0.25, -0.2) is 0 Å². The van der Waals surface area contributed by atoms with Crippen LogP contribution in [-0.2, 0) is 4.79 Å². The van der Waals surface area contributed by atoms with Gasteiger partial charge in [0.2, 0.25) is 11.8 Å². The summed E-state index contributed by atoms with van der Waals surface area (Å²) in [6.07, 6.45) is 0. The SMILES string of the molecule is Cc1cc(Br)ccc1SCC(=O)Nc1cccc(C(N)=O)c1. The van der Waals surface area contributed by atoms with E-state index in [0.717, 1.165) is 14.9 Å². The Morgan fingerprint density at radius 2 is 2.00 bits per heavy atom. The fraction of sp³-hybridized carbons (Fsp3) is 0.125. The molecule has 2 aromatic rings. The highest BCUT2D eigenvalue weighted by Gasteiger charge is 2.07. The van der Waals surface area contributed by atoms with Crippen molar-refractivity contribution in [2.75, 3.05) is 11.1 Å². The number of carbonyl (C=O) groups excluding carboxylic acids is 2. The number of rotatable bonds is 5. The Bertz CT molecular complexity index is 719. The van der Waals surface area contributed by atoms with E-state index in [1.54, 1.807) is 24.3 Å². The number of aryl methyl sites for hydroxylation is 1. The lowest BCUT2D eigenvalue weighted by Crippen LogP contribution is -2.15. The van der Waals surface area contributed by atoms with Gasteiger partial charge in [0.05, 0.1) is 5.75 Å². The highest BCUT2D eigenvalue weighted by Crippen LogP contribution is 2.25. The van der Waals surface area contributed by atoms with Crippen LogP contribution in [0.1, 0.15) is 15.9 Å². The highest BCUT2D eigenvalue weighted by atomic mass is 79.9. The molecule has 0 spiro atoms. The van der Waals surface area contributed by atoms with Crippen LogP contribution in [0.5, 0.6) is 0 Å². The maximum absolute atomic E-state index is 12.0. The number of nitrogens with one attached hydrogen (secondary N) is 1. The predicted octanol–water partition coefficient (Wildman–Crippen LogP) is 3.59. The Morgan fingerprint density at radius 1 is 1.23 bits per heavy atom. The highest BCUT2D eigenvalue weighted by molar-refractivity contribution is 9.10. The minimum absolute atomic E-state index is 0.131. The molecule has 0 heterocycles. The lowest BCUT2D eigenvalue weighted by molar-refractivity contribution is -0.113. The average Bonchev–Trinajstić information content (AvgIpc) is 2.46. The van der Waals surface area contributed by atoms with E-state index in [1.807, 2.05) is 25.1 Å². The van der Waals surface area contributed by atoms with Crippen LogP contribution in [0.25, 0.3) is 0 Å². The Morgan fingerprint density at radius 3 is 2.68 bits per heavy atom. The topological polar surface area (TPSA) is 72.2 Å². The number of hydrogen-bond acceptors (Lipinski definition) is 3. The molecular formula is C16H15BrN2O2S. The number of thioether (sulfide) groups is 1. The standard InChI is InChI=1S/C16H15BrN2O2S/c1-10-7-12(17)5-6-14(10)22-9-15(20)19-13-4-2-3-11(8-13)16(18)21/h2-8H,9H2,1H3,(H2,18,21)(H,19,20). The Labute approximate surface area is 141 Å². The number of hydrogen-bond donors (Lipinski definition) is 2. The molecule has 0 radical (unpaired) electrons. The van der Waals surface area contributed by atoms with Gasteiger partial charge in [-0.3, -0.25) is 9.59 Å². The minimum atomic E-state index is -0.518. The zero-order chi connectivity index (χ0) is 16.1. The number of primary amides is 1. The van der Waals surface area contributed by atoms with E-state index in [-0.39, 0.29) is 5.91 Å². The van der Waals surface area contributed by atoms with E-state index in [1.165, 1.54) is 11.8 Å². The molecule has 0 bridgehead atoms. The molecule has 0 saturated heterocycles. The Hall–Kier alpha value is -1.79. The third kappa shape index (κ3) is 4.61. The fourth-order valence-corrected chi connectivity index (χ4v) is 3.15. The van der Waals surface area contributed by atoms with Crippen LogP contribution in [-0.4, -0.2) is 17.6 Å². The second kappa shape index (κ2) is 7.47. The summed E-state index contributed by atoms with van der Waals surface area (Å²) in [6.45, 7) is 2.00. The van der Waals surface area contributed by atoms with Crippen LogP contribution in [0.3, 0.4) is 0 Å². The van der Waals surface area contributed by atoms with Crippen LogP contribution in [0, 0.1) is 6.92 Å². The van der Waals surface area contributed by atoms with Gasteiger partial charge in [0.1, 0.15) is 0 Å². The van der Waals surface area contributed by atoms with Crippen LogP contribution in [0.4, 0.5) is 5.69 Å². The smallest absolute Gasteiger partial charge is 0.248 e. The van der Waals surface area contributed by atoms with Crippen molar-refractivity contribution < 1.29 is 9.59 Å². The fourth-order valence-electron chi connectivity index (χ4n) is 1.87. The third-order valence-corrected chi connectivity index (χ3v) is 4.60. The lowest BCUT2D eigenvalue weighted by Gasteiger charge is -2.08. The first kappa shape index (κ1) is 16.6. The largest absolute Gasteiger partial charge is 0.366 e. The van der Waals surface area contributed by atoms with Crippen molar-refractivity contribution in [2.45, 2.75) is 11.8 Å². The molecule has 0 saturated carbocycles. The second-order valence-corrected chi connectivity index (χ2v) is 6.62. The van der Waals surface area contributed by atoms with E-state index >= 15 is 0 Å². The van der Waals surface area contributed by atoms with Crippen LogP contribution in [0.15, 0.2) is 51.8 Å². The molecular weight excluding hydrogens is 364 g/mol. The van der Waals surface area contributed by atoms with Crippen LogP contribution < -0.4 is 11.1 Å². The van der Waals surface area contributed by atoms with Crippen molar-refractivity contribution >= 4 is 45.2 Å². The Balaban J connectivity index is 1.95. The quantitative estimate of drug-likeness (QED) is 0.780. The lowest BCUT2D eigenvalue weighted by atomic mass is 10.2. The number of halogens is 1. The van der Waals surface area contributed by atoms with Crippen molar-refractivity contribution in [3.05, 3.63) is 58.1 Å². The van der Waals surface area contributed by atoms with Gasteiger partial charge in [-0.2, -0.15) is 0 Å². The molecule has 0 aromatic heterocycles. The summed E-state index contributed by atoms with van der Waals surface area (Å²) < 4.78 is 1.02. The summed E-state index contributed by atoms with van der Waals surface area (Å²) in [6, 6.07) is 12.5. The zero-order valence-corrected chi connectivity index (χ0v) is 14.3. The van der Waals surface area contributed by atoms with Crippen molar-refractivity contribution in [2.24, 2.45) is 5.73 Å². The van der Waals surface area contributed by atoms with E-state index in [4.69, 9.17) is 5.73 Å². The monoisotopic (exact) mass is 378 g/mol. The van der Waals surface area contributed by atoms with Crippen molar-refractivity contribution in [3.8, 4) is 0 Å². The molecule has 0 aliphatic rings. The number of benzene rings is 2. The zero-order valence-electron chi connectivity index (χ0n) is 11.9. The molecule has 0 aliphatic carbocycles. The van der Waals surface area contributed by atoms with Crippen molar-refractivity contribution in [3.63, 3.8) is 0 Å². The normalized spacial score (nSPS) is 10.3. The van der Waals surface area contributed by atoms with Crippen molar-refractivity contribution in [1.82, 2.24) is 0 Å². The molecule has 6 heteroatoms. The Kier molecular flexibility index (Phi) is 5.63. The molecule has 4 nitrogen and oxygen atoms in total. The van der Waals surface area contributed by atoms with E-state index in [0.29, 0.717) is 17.0 Å². The summed E-state index contributed by atoms with van der Waals surface area (Å²) in [7, 11) is 0. The molecule has 3 N–H and O–H groups in total. The van der Waals surface area contributed by atoms with Gasteiger partial charge >= 0.3 is 0 Å². The third-order valence-electron chi connectivity index (χ3n) is 2.93. The summed E-state index contributed by atoms with van der Waals surface area (Å²) in [4.78, 5) is 24.2. The number of nitrogens with two attached hydrogens (primary N) is 1.